The Hall–Kier alpha value is -2.68. The Morgan fingerprint density at radius 3 is 2.68 bits per heavy atom. The number of aryl methyl sites for hydroxylation is 1. The molecule has 0 spiro atoms. The van der Waals surface area contributed by atoms with Gasteiger partial charge in [-0.25, -0.2) is 14.3 Å². The molecule has 1 unspecified atom stereocenters. The second-order valence-electron chi connectivity index (χ2n) is 5.34. The Morgan fingerprint density at radius 2 is 2.08 bits per heavy atom. The zero-order chi connectivity index (χ0) is 18.7. The first kappa shape index (κ1) is 18.7. The smallest absolute Gasteiger partial charge is 0.341 e. The van der Waals surface area contributed by atoms with E-state index in [9.17, 15) is 14.4 Å². The maximum Gasteiger partial charge on any atom is 0.341 e. The standard InChI is InChI=1S/C16H19N3O5S/c1-5-24-16(23)12-8(2)10(4)25-14(12)18-13(20)11-6-7-17-19(11)9(3)15(21)22/h6-7,9H,5H2,1-4H3,(H,18,20)(H,21,22). The van der Waals surface area contributed by atoms with Gasteiger partial charge in [0.2, 0.25) is 0 Å². The highest BCUT2D eigenvalue weighted by Gasteiger charge is 2.25. The van der Waals surface area contributed by atoms with Crippen molar-refractivity contribution < 1.29 is 24.2 Å². The van der Waals surface area contributed by atoms with E-state index < -0.39 is 23.9 Å². The van der Waals surface area contributed by atoms with Gasteiger partial charge in [-0.1, -0.05) is 0 Å². The zero-order valence-electron chi connectivity index (χ0n) is 14.3. The summed E-state index contributed by atoms with van der Waals surface area (Å²) in [5, 5.41) is 16.1. The van der Waals surface area contributed by atoms with Crippen LogP contribution >= 0.6 is 11.3 Å². The number of carbonyl (C=O) groups is 3. The van der Waals surface area contributed by atoms with Gasteiger partial charge in [0.25, 0.3) is 5.91 Å². The molecule has 1 atom stereocenters. The van der Waals surface area contributed by atoms with Crippen LogP contribution < -0.4 is 5.32 Å². The van der Waals surface area contributed by atoms with Crippen molar-refractivity contribution in [2.24, 2.45) is 0 Å². The molecule has 1 amide bonds. The van der Waals surface area contributed by atoms with Gasteiger partial charge in [0.15, 0.2) is 0 Å². The molecule has 0 saturated heterocycles. The molecule has 0 aliphatic heterocycles. The van der Waals surface area contributed by atoms with E-state index in [1.54, 1.807) is 13.8 Å². The van der Waals surface area contributed by atoms with Gasteiger partial charge in [0.1, 0.15) is 16.7 Å². The summed E-state index contributed by atoms with van der Waals surface area (Å²) in [6, 6.07) is 0.429. The first-order valence-corrected chi connectivity index (χ1v) is 8.44. The van der Waals surface area contributed by atoms with E-state index in [2.05, 4.69) is 10.4 Å². The Morgan fingerprint density at radius 1 is 1.40 bits per heavy atom. The van der Waals surface area contributed by atoms with Gasteiger partial charge in [-0.05, 0) is 39.3 Å². The van der Waals surface area contributed by atoms with E-state index in [4.69, 9.17) is 9.84 Å². The molecule has 2 aromatic heterocycles. The number of aromatic nitrogens is 2. The molecule has 0 fully saturated rings. The fourth-order valence-electron chi connectivity index (χ4n) is 2.24. The number of hydrogen-bond acceptors (Lipinski definition) is 6. The molecule has 8 nitrogen and oxygen atoms in total. The van der Waals surface area contributed by atoms with Gasteiger partial charge in [0.05, 0.1) is 12.2 Å². The second kappa shape index (κ2) is 7.47. The Labute approximate surface area is 148 Å². The molecule has 0 saturated carbocycles. The Bertz CT molecular complexity index is 824. The van der Waals surface area contributed by atoms with Crippen molar-refractivity contribution in [1.82, 2.24) is 9.78 Å². The number of anilines is 1. The van der Waals surface area contributed by atoms with Crippen LogP contribution in [-0.4, -0.2) is 39.3 Å². The second-order valence-corrected chi connectivity index (χ2v) is 6.56. The summed E-state index contributed by atoms with van der Waals surface area (Å²) in [4.78, 5) is 36.8. The number of aliphatic carboxylic acids is 1. The van der Waals surface area contributed by atoms with Gasteiger partial charge < -0.3 is 15.2 Å². The predicted molar refractivity (Wildman–Crippen MR) is 92.3 cm³/mol. The number of esters is 1. The lowest BCUT2D eigenvalue weighted by molar-refractivity contribution is -0.140. The number of thiophene rings is 1. The quantitative estimate of drug-likeness (QED) is 0.762. The third-order valence-electron chi connectivity index (χ3n) is 3.72. The average molecular weight is 365 g/mol. The summed E-state index contributed by atoms with van der Waals surface area (Å²) >= 11 is 1.26. The van der Waals surface area contributed by atoms with Crippen LogP contribution in [0.25, 0.3) is 0 Å². The van der Waals surface area contributed by atoms with Crippen LogP contribution in [0.4, 0.5) is 5.00 Å². The van der Waals surface area contributed by atoms with Crippen LogP contribution in [0.2, 0.25) is 0 Å². The topological polar surface area (TPSA) is 111 Å². The molecule has 25 heavy (non-hydrogen) atoms. The van der Waals surface area contributed by atoms with Crippen molar-refractivity contribution in [2.45, 2.75) is 33.7 Å². The molecule has 2 N–H and O–H groups in total. The van der Waals surface area contributed by atoms with Crippen molar-refractivity contribution in [3.8, 4) is 0 Å². The van der Waals surface area contributed by atoms with Crippen LogP contribution in [0, 0.1) is 13.8 Å². The molecule has 0 aliphatic carbocycles. The first-order chi connectivity index (χ1) is 11.8. The van der Waals surface area contributed by atoms with E-state index in [1.165, 1.54) is 30.5 Å². The number of rotatable bonds is 6. The summed E-state index contributed by atoms with van der Waals surface area (Å²) in [6.45, 7) is 6.98. The van der Waals surface area contributed by atoms with Crippen molar-refractivity contribution in [3.05, 3.63) is 34.0 Å². The number of hydrogen-bond donors (Lipinski definition) is 2. The number of carboxylic acids is 1. The molecule has 2 aromatic rings. The molecule has 134 valence electrons. The minimum Gasteiger partial charge on any atom is -0.480 e. The molecule has 9 heteroatoms. The average Bonchev–Trinajstić information content (AvgIpc) is 3.12. The molecule has 2 rings (SSSR count). The number of carbonyl (C=O) groups excluding carboxylic acids is 2. The van der Waals surface area contributed by atoms with Crippen molar-refractivity contribution in [2.75, 3.05) is 11.9 Å². The van der Waals surface area contributed by atoms with E-state index in [0.717, 1.165) is 15.1 Å². The third-order valence-corrected chi connectivity index (χ3v) is 4.84. The van der Waals surface area contributed by atoms with Crippen LogP contribution in [0.1, 0.15) is 51.2 Å². The summed E-state index contributed by atoms with van der Waals surface area (Å²) in [5.41, 5.74) is 1.15. The van der Waals surface area contributed by atoms with Gasteiger partial charge in [-0.15, -0.1) is 11.3 Å². The zero-order valence-corrected chi connectivity index (χ0v) is 15.1. The number of carboxylic acid groups (broad SMARTS) is 1. The third kappa shape index (κ3) is 3.71. The SMILES string of the molecule is CCOC(=O)c1c(NC(=O)c2ccnn2C(C)C(=O)O)sc(C)c1C. The first-order valence-electron chi connectivity index (χ1n) is 7.62. The Kier molecular flexibility index (Phi) is 5.58. The van der Waals surface area contributed by atoms with Crippen molar-refractivity contribution in [3.63, 3.8) is 0 Å². The van der Waals surface area contributed by atoms with Crippen LogP contribution in [0.15, 0.2) is 12.3 Å². The largest absolute Gasteiger partial charge is 0.480 e. The van der Waals surface area contributed by atoms with Crippen LogP contribution in [0.3, 0.4) is 0 Å². The minimum atomic E-state index is -1.10. The molecule has 0 bridgehead atoms. The summed E-state index contributed by atoms with van der Waals surface area (Å²) in [5.74, 6) is -2.16. The summed E-state index contributed by atoms with van der Waals surface area (Å²) in [7, 11) is 0. The van der Waals surface area contributed by atoms with Gasteiger partial charge in [-0.2, -0.15) is 5.10 Å². The fraction of sp³-hybridized carbons (Fsp3) is 0.375. The lowest BCUT2D eigenvalue weighted by atomic mass is 10.1. The normalized spacial score (nSPS) is 11.8. The number of ether oxygens (including phenoxy) is 1. The van der Waals surface area contributed by atoms with Crippen molar-refractivity contribution in [1.29, 1.82) is 0 Å². The van der Waals surface area contributed by atoms with Crippen LogP contribution in [0.5, 0.6) is 0 Å². The molecule has 0 radical (unpaired) electrons. The lowest BCUT2D eigenvalue weighted by Crippen LogP contribution is -2.24. The monoisotopic (exact) mass is 365 g/mol. The van der Waals surface area contributed by atoms with E-state index in [1.807, 2.05) is 6.92 Å². The number of nitrogens with one attached hydrogen (secondary N) is 1. The fourth-order valence-corrected chi connectivity index (χ4v) is 3.28. The van der Waals surface area contributed by atoms with Gasteiger partial charge >= 0.3 is 11.9 Å². The highest BCUT2D eigenvalue weighted by atomic mass is 32.1. The van der Waals surface area contributed by atoms with Gasteiger partial charge in [-0.3, -0.25) is 4.79 Å². The number of amides is 1. The van der Waals surface area contributed by atoms with E-state index >= 15 is 0 Å². The molecule has 0 aliphatic rings. The Balaban J connectivity index is 2.34. The predicted octanol–water partition coefficient (Wildman–Crippen LogP) is 2.64. The molecular weight excluding hydrogens is 346 g/mol. The maximum atomic E-state index is 12.6. The van der Waals surface area contributed by atoms with E-state index in [0.29, 0.717) is 10.6 Å². The maximum absolute atomic E-state index is 12.6. The van der Waals surface area contributed by atoms with Gasteiger partial charge in [0, 0.05) is 11.1 Å². The highest BCUT2D eigenvalue weighted by Crippen LogP contribution is 2.33. The molecule has 0 aromatic carbocycles. The number of nitrogens with zero attached hydrogens (tertiary/aromatic N) is 2. The summed E-state index contributed by atoms with van der Waals surface area (Å²) in [6.07, 6.45) is 1.35. The molecule has 2 heterocycles. The van der Waals surface area contributed by atoms with Crippen LogP contribution in [-0.2, 0) is 9.53 Å². The highest BCUT2D eigenvalue weighted by molar-refractivity contribution is 7.16. The minimum absolute atomic E-state index is 0.0911. The van der Waals surface area contributed by atoms with E-state index in [-0.39, 0.29) is 12.3 Å². The molecular formula is C16H19N3O5S. The van der Waals surface area contributed by atoms with Crippen molar-refractivity contribution >= 4 is 34.2 Å². The lowest BCUT2D eigenvalue weighted by Gasteiger charge is -2.12. The summed E-state index contributed by atoms with van der Waals surface area (Å²) < 4.78 is 6.17.